The summed E-state index contributed by atoms with van der Waals surface area (Å²) in [7, 11) is 0. The first-order valence-corrected chi connectivity index (χ1v) is 7.01. The summed E-state index contributed by atoms with van der Waals surface area (Å²) in [6.07, 6.45) is 5.15. The Balaban J connectivity index is 1.81. The van der Waals surface area contributed by atoms with Gasteiger partial charge in [0.05, 0.1) is 0 Å². The fourth-order valence-corrected chi connectivity index (χ4v) is 2.21. The highest BCUT2D eigenvalue weighted by atomic mass is 16.5. The molecule has 2 aromatic heterocycles. The minimum Gasteiger partial charge on any atom is -0.339 e. The Kier molecular flexibility index (Phi) is 4.00. The van der Waals surface area contributed by atoms with E-state index in [1.807, 2.05) is 18.2 Å². The normalized spacial score (nSPS) is 12.2. The van der Waals surface area contributed by atoms with Crippen LogP contribution in [0.1, 0.15) is 30.7 Å². The minimum atomic E-state index is 0.206. The van der Waals surface area contributed by atoms with Crippen LogP contribution in [0.2, 0.25) is 0 Å². The zero-order valence-corrected chi connectivity index (χ0v) is 11.8. The van der Waals surface area contributed by atoms with Gasteiger partial charge in [-0.2, -0.15) is 4.98 Å². The average molecular weight is 280 g/mol. The quantitative estimate of drug-likeness (QED) is 0.717. The molecule has 0 radical (unpaired) electrons. The molecule has 5 nitrogen and oxygen atoms in total. The van der Waals surface area contributed by atoms with Crippen LogP contribution in [0.3, 0.4) is 0 Å². The van der Waals surface area contributed by atoms with Crippen LogP contribution in [-0.4, -0.2) is 20.1 Å². The number of nitrogens with zero attached hydrogens (tertiary/aromatic N) is 4. The van der Waals surface area contributed by atoms with Crippen molar-refractivity contribution in [3.05, 3.63) is 60.2 Å². The summed E-state index contributed by atoms with van der Waals surface area (Å²) in [5.41, 5.74) is 1.26. The molecule has 1 unspecified atom stereocenters. The van der Waals surface area contributed by atoms with E-state index in [1.54, 1.807) is 18.5 Å². The Morgan fingerprint density at radius 1 is 1.00 bits per heavy atom. The van der Waals surface area contributed by atoms with Gasteiger partial charge in [0.15, 0.2) is 0 Å². The van der Waals surface area contributed by atoms with Gasteiger partial charge >= 0.3 is 0 Å². The summed E-state index contributed by atoms with van der Waals surface area (Å²) < 4.78 is 5.40. The van der Waals surface area contributed by atoms with Crippen LogP contribution in [0.25, 0.3) is 11.6 Å². The fourth-order valence-electron chi connectivity index (χ4n) is 2.21. The van der Waals surface area contributed by atoms with Gasteiger partial charge in [-0.05, 0) is 24.5 Å². The van der Waals surface area contributed by atoms with Gasteiger partial charge < -0.3 is 4.52 Å². The van der Waals surface area contributed by atoms with E-state index in [9.17, 15) is 0 Å². The van der Waals surface area contributed by atoms with E-state index in [-0.39, 0.29) is 5.92 Å². The summed E-state index contributed by atoms with van der Waals surface area (Å²) >= 11 is 0. The van der Waals surface area contributed by atoms with Gasteiger partial charge in [-0.1, -0.05) is 42.4 Å². The molecular weight excluding hydrogens is 264 g/mol. The molecule has 0 aliphatic carbocycles. The van der Waals surface area contributed by atoms with Crippen LogP contribution >= 0.6 is 0 Å². The zero-order chi connectivity index (χ0) is 14.5. The number of aromatic nitrogens is 4. The molecule has 1 atom stereocenters. The first-order chi connectivity index (χ1) is 10.4. The van der Waals surface area contributed by atoms with E-state index in [2.05, 4.69) is 39.2 Å². The third kappa shape index (κ3) is 3.13. The van der Waals surface area contributed by atoms with E-state index in [4.69, 9.17) is 4.52 Å². The molecule has 0 bridgehead atoms. The van der Waals surface area contributed by atoms with Crippen LogP contribution in [0.15, 0.2) is 53.3 Å². The zero-order valence-electron chi connectivity index (χ0n) is 11.8. The monoisotopic (exact) mass is 280 g/mol. The van der Waals surface area contributed by atoms with Crippen LogP contribution in [0, 0.1) is 0 Å². The Bertz CT molecular complexity index is 682. The largest absolute Gasteiger partial charge is 0.339 e. The van der Waals surface area contributed by atoms with Gasteiger partial charge in [0.1, 0.15) is 0 Å². The molecule has 106 valence electrons. The lowest BCUT2D eigenvalue weighted by molar-refractivity contribution is 0.348. The van der Waals surface area contributed by atoms with Crippen molar-refractivity contribution in [3.8, 4) is 11.6 Å². The first kappa shape index (κ1) is 13.4. The highest BCUT2D eigenvalue weighted by molar-refractivity contribution is 5.40. The number of hydrogen-bond donors (Lipinski definition) is 0. The van der Waals surface area contributed by atoms with Crippen molar-refractivity contribution in [3.63, 3.8) is 0 Å². The van der Waals surface area contributed by atoms with Crippen molar-refractivity contribution in [2.75, 3.05) is 0 Å². The number of hydrogen-bond acceptors (Lipinski definition) is 5. The lowest BCUT2D eigenvalue weighted by Crippen LogP contribution is -2.02. The molecule has 3 rings (SSSR count). The summed E-state index contributed by atoms with van der Waals surface area (Å²) in [6, 6.07) is 12.1. The van der Waals surface area contributed by atoms with Crippen molar-refractivity contribution in [2.24, 2.45) is 0 Å². The van der Waals surface area contributed by atoms with Crippen LogP contribution in [0.4, 0.5) is 0 Å². The molecule has 0 fully saturated rings. The topological polar surface area (TPSA) is 64.7 Å². The van der Waals surface area contributed by atoms with E-state index >= 15 is 0 Å². The molecule has 0 aliphatic heterocycles. The molecule has 0 spiro atoms. The minimum absolute atomic E-state index is 0.206. The molecule has 0 saturated carbocycles. The molecule has 0 aliphatic rings. The van der Waals surface area contributed by atoms with E-state index < -0.39 is 0 Å². The summed E-state index contributed by atoms with van der Waals surface area (Å²) in [6.45, 7) is 2.12. The van der Waals surface area contributed by atoms with Crippen molar-refractivity contribution in [1.82, 2.24) is 20.1 Å². The standard InChI is InChI=1S/C16H16N4O/c1-2-13(11-12-7-4-3-5-8-12)16-19-15(20-21-16)14-17-9-6-10-18-14/h3-10,13H,2,11H2,1H3. The third-order valence-electron chi connectivity index (χ3n) is 3.37. The summed E-state index contributed by atoms with van der Waals surface area (Å²) in [5.74, 6) is 1.78. The van der Waals surface area contributed by atoms with E-state index in [0.29, 0.717) is 17.5 Å². The van der Waals surface area contributed by atoms with Crippen molar-refractivity contribution < 1.29 is 4.52 Å². The Morgan fingerprint density at radius 3 is 2.48 bits per heavy atom. The second-order valence-electron chi connectivity index (χ2n) is 4.82. The van der Waals surface area contributed by atoms with E-state index in [1.165, 1.54) is 5.56 Å². The predicted molar refractivity (Wildman–Crippen MR) is 78.5 cm³/mol. The molecule has 2 heterocycles. The molecule has 0 N–H and O–H groups in total. The third-order valence-corrected chi connectivity index (χ3v) is 3.37. The second kappa shape index (κ2) is 6.26. The van der Waals surface area contributed by atoms with Crippen LogP contribution in [0.5, 0.6) is 0 Å². The SMILES string of the molecule is CCC(Cc1ccccc1)c1nc(-c2ncccn2)no1. The number of benzene rings is 1. The van der Waals surface area contributed by atoms with Crippen molar-refractivity contribution in [2.45, 2.75) is 25.7 Å². The second-order valence-corrected chi connectivity index (χ2v) is 4.82. The van der Waals surface area contributed by atoms with Gasteiger partial charge in [0.2, 0.25) is 17.5 Å². The van der Waals surface area contributed by atoms with E-state index in [0.717, 1.165) is 12.8 Å². The lowest BCUT2D eigenvalue weighted by atomic mass is 9.97. The molecule has 21 heavy (non-hydrogen) atoms. The predicted octanol–water partition coefficient (Wildman–Crippen LogP) is 3.26. The maximum atomic E-state index is 5.40. The highest BCUT2D eigenvalue weighted by Crippen LogP contribution is 2.24. The summed E-state index contributed by atoms with van der Waals surface area (Å²) in [5, 5.41) is 3.99. The molecule has 3 aromatic rings. The molecule has 0 saturated heterocycles. The molecule has 1 aromatic carbocycles. The van der Waals surface area contributed by atoms with Crippen molar-refractivity contribution >= 4 is 0 Å². The van der Waals surface area contributed by atoms with Gasteiger partial charge in [-0.25, -0.2) is 9.97 Å². The van der Waals surface area contributed by atoms with Gasteiger partial charge in [0, 0.05) is 18.3 Å². The molecule has 0 amide bonds. The Morgan fingerprint density at radius 2 is 1.76 bits per heavy atom. The highest BCUT2D eigenvalue weighted by Gasteiger charge is 2.19. The fraction of sp³-hybridized carbons (Fsp3) is 0.250. The van der Waals surface area contributed by atoms with Gasteiger partial charge in [-0.15, -0.1) is 0 Å². The first-order valence-electron chi connectivity index (χ1n) is 7.01. The van der Waals surface area contributed by atoms with Crippen molar-refractivity contribution in [1.29, 1.82) is 0 Å². The molecular formula is C16H16N4O. The van der Waals surface area contributed by atoms with Crippen LogP contribution in [-0.2, 0) is 6.42 Å². The average Bonchev–Trinajstić information content (AvgIpc) is 3.04. The van der Waals surface area contributed by atoms with Gasteiger partial charge in [0.25, 0.3) is 0 Å². The van der Waals surface area contributed by atoms with Crippen LogP contribution < -0.4 is 0 Å². The Hall–Kier alpha value is -2.56. The maximum absolute atomic E-state index is 5.40. The summed E-state index contributed by atoms with van der Waals surface area (Å²) in [4.78, 5) is 12.7. The molecule has 5 heteroatoms. The lowest BCUT2D eigenvalue weighted by Gasteiger charge is -2.09. The Labute approximate surface area is 123 Å². The smallest absolute Gasteiger partial charge is 0.240 e. The maximum Gasteiger partial charge on any atom is 0.240 e. The van der Waals surface area contributed by atoms with Gasteiger partial charge in [-0.3, -0.25) is 0 Å². The number of rotatable bonds is 5.